The van der Waals surface area contributed by atoms with Crippen molar-refractivity contribution in [3.05, 3.63) is 59.7 Å². The largest absolute Gasteiger partial charge is 0.493 e. The van der Waals surface area contributed by atoms with Gasteiger partial charge in [-0.3, -0.25) is 9.69 Å². The Balaban J connectivity index is 1.56. The van der Waals surface area contributed by atoms with Crippen LogP contribution in [-0.2, 0) is 11.3 Å². The average molecular weight is 354 g/mol. The number of rotatable bonds is 7. The third-order valence-electron chi connectivity index (χ3n) is 4.83. The van der Waals surface area contributed by atoms with E-state index in [4.69, 9.17) is 9.47 Å². The summed E-state index contributed by atoms with van der Waals surface area (Å²) in [5, 5.41) is 3.01. The van der Waals surface area contributed by atoms with Gasteiger partial charge in [-0.05, 0) is 42.6 Å². The van der Waals surface area contributed by atoms with E-state index in [0.29, 0.717) is 30.6 Å². The Morgan fingerprint density at radius 1 is 1.12 bits per heavy atom. The van der Waals surface area contributed by atoms with Gasteiger partial charge in [-0.1, -0.05) is 36.4 Å². The molecule has 1 aliphatic heterocycles. The number of nitrogens with one attached hydrogen (secondary N) is 1. The molecule has 1 saturated heterocycles. The summed E-state index contributed by atoms with van der Waals surface area (Å²) in [7, 11) is 3.22. The highest BCUT2D eigenvalue weighted by atomic mass is 16.5. The molecular weight excluding hydrogens is 328 g/mol. The number of hydrogen-bond donors (Lipinski definition) is 1. The maximum absolute atomic E-state index is 12.4. The monoisotopic (exact) mass is 354 g/mol. The molecule has 3 rings (SSSR count). The van der Waals surface area contributed by atoms with Gasteiger partial charge in [0.05, 0.1) is 20.8 Å². The molecule has 0 unspecified atom stereocenters. The van der Waals surface area contributed by atoms with Gasteiger partial charge < -0.3 is 14.8 Å². The van der Waals surface area contributed by atoms with Crippen LogP contribution in [0, 0.1) is 0 Å². The summed E-state index contributed by atoms with van der Waals surface area (Å²) in [6.07, 6.45) is 2.23. The Hall–Kier alpha value is -2.53. The van der Waals surface area contributed by atoms with Gasteiger partial charge in [0.1, 0.15) is 0 Å². The van der Waals surface area contributed by atoms with Gasteiger partial charge >= 0.3 is 0 Å². The number of nitrogens with zero attached hydrogens (tertiary/aromatic N) is 1. The lowest BCUT2D eigenvalue weighted by atomic mass is 10.0. The van der Waals surface area contributed by atoms with E-state index in [1.54, 1.807) is 14.2 Å². The first-order chi connectivity index (χ1) is 12.7. The molecule has 0 saturated carbocycles. The molecule has 0 radical (unpaired) electrons. The van der Waals surface area contributed by atoms with Crippen LogP contribution < -0.4 is 14.8 Å². The molecule has 1 atom stereocenters. The molecule has 26 heavy (non-hydrogen) atoms. The van der Waals surface area contributed by atoms with Crippen LogP contribution in [0.5, 0.6) is 11.5 Å². The lowest BCUT2D eigenvalue weighted by molar-refractivity contribution is -0.122. The Morgan fingerprint density at radius 3 is 2.62 bits per heavy atom. The third kappa shape index (κ3) is 4.35. The number of methoxy groups -OCH3 is 2. The van der Waals surface area contributed by atoms with E-state index in [2.05, 4.69) is 34.5 Å². The van der Waals surface area contributed by atoms with Crippen molar-refractivity contribution >= 4 is 5.91 Å². The summed E-state index contributed by atoms with van der Waals surface area (Å²) in [4.78, 5) is 14.7. The molecule has 1 fully saturated rings. The van der Waals surface area contributed by atoms with E-state index in [1.165, 1.54) is 5.56 Å². The molecule has 0 spiro atoms. The second-order valence-corrected chi connectivity index (χ2v) is 6.51. The maximum Gasteiger partial charge on any atom is 0.234 e. The van der Waals surface area contributed by atoms with Crippen molar-refractivity contribution in [1.82, 2.24) is 10.2 Å². The van der Waals surface area contributed by atoms with Gasteiger partial charge in [-0.15, -0.1) is 0 Å². The van der Waals surface area contributed by atoms with Crippen LogP contribution >= 0.6 is 0 Å². The predicted molar refractivity (Wildman–Crippen MR) is 101 cm³/mol. The second-order valence-electron chi connectivity index (χ2n) is 6.51. The molecule has 1 aliphatic rings. The quantitative estimate of drug-likeness (QED) is 0.830. The van der Waals surface area contributed by atoms with E-state index < -0.39 is 0 Å². The van der Waals surface area contributed by atoms with Crippen molar-refractivity contribution in [2.45, 2.75) is 25.4 Å². The first-order valence-electron chi connectivity index (χ1n) is 8.98. The van der Waals surface area contributed by atoms with Crippen molar-refractivity contribution in [2.24, 2.45) is 0 Å². The highest BCUT2D eigenvalue weighted by Crippen LogP contribution is 2.31. The SMILES string of the molecule is COc1ccc(CNC(=O)CN2CCC[C@H]2c2ccccc2)cc1OC. The first-order valence-corrected chi connectivity index (χ1v) is 8.98. The van der Waals surface area contributed by atoms with E-state index >= 15 is 0 Å². The summed E-state index contributed by atoms with van der Waals surface area (Å²) in [5.74, 6) is 1.40. The Labute approximate surface area is 154 Å². The minimum Gasteiger partial charge on any atom is -0.493 e. The summed E-state index contributed by atoms with van der Waals surface area (Å²) < 4.78 is 10.5. The predicted octanol–water partition coefficient (Wildman–Crippen LogP) is 3.16. The average Bonchev–Trinajstić information content (AvgIpc) is 3.14. The van der Waals surface area contributed by atoms with E-state index in [9.17, 15) is 4.79 Å². The molecule has 0 aliphatic carbocycles. The number of carbonyl (C=O) groups is 1. The number of amides is 1. The van der Waals surface area contributed by atoms with Gasteiger partial charge in [0.25, 0.3) is 0 Å². The topological polar surface area (TPSA) is 50.8 Å². The number of benzene rings is 2. The standard InChI is InChI=1S/C21H26N2O3/c1-25-19-11-10-16(13-20(19)26-2)14-22-21(24)15-23-12-6-9-18(23)17-7-4-3-5-8-17/h3-5,7-8,10-11,13,18H,6,9,12,14-15H2,1-2H3,(H,22,24)/t18-/m0/s1. The number of likely N-dealkylation sites (tertiary alicyclic amines) is 1. The van der Waals surface area contributed by atoms with Crippen molar-refractivity contribution in [3.63, 3.8) is 0 Å². The third-order valence-corrected chi connectivity index (χ3v) is 4.83. The Morgan fingerprint density at radius 2 is 1.88 bits per heavy atom. The summed E-state index contributed by atoms with van der Waals surface area (Å²) >= 11 is 0. The fourth-order valence-electron chi connectivity index (χ4n) is 3.50. The first kappa shape index (κ1) is 18.3. The fourth-order valence-corrected chi connectivity index (χ4v) is 3.50. The molecule has 5 heteroatoms. The molecule has 5 nitrogen and oxygen atoms in total. The minimum atomic E-state index is 0.0441. The Kier molecular flexibility index (Phi) is 6.12. The van der Waals surface area contributed by atoms with E-state index in [1.807, 2.05) is 24.3 Å². The van der Waals surface area contributed by atoms with Crippen LogP contribution in [0.3, 0.4) is 0 Å². The van der Waals surface area contributed by atoms with Crippen LogP contribution in [-0.4, -0.2) is 38.1 Å². The highest BCUT2D eigenvalue weighted by Gasteiger charge is 2.27. The minimum absolute atomic E-state index is 0.0441. The lowest BCUT2D eigenvalue weighted by Crippen LogP contribution is -2.36. The van der Waals surface area contributed by atoms with Crippen LogP contribution in [0.2, 0.25) is 0 Å². The van der Waals surface area contributed by atoms with Gasteiger partial charge in [0.2, 0.25) is 5.91 Å². The van der Waals surface area contributed by atoms with Crippen molar-refractivity contribution in [3.8, 4) is 11.5 Å². The maximum atomic E-state index is 12.4. The molecule has 0 aromatic heterocycles. The van der Waals surface area contributed by atoms with Crippen molar-refractivity contribution in [2.75, 3.05) is 27.3 Å². The van der Waals surface area contributed by atoms with Crippen LogP contribution in [0.25, 0.3) is 0 Å². The second kappa shape index (κ2) is 8.72. The van der Waals surface area contributed by atoms with Crippen LogP contribution in [0.1, 0.15) is 30.0 Å². The Bertz CT molecular complexity index is 733. The van der Waals surface area contributed by atoms with Crippen LogP contribution in [0.4, 0.5) is 0 Å². The zero-order valence-corrected chi connectivity index (χ0v) is 15.4. The molecule has 138 valence electrons. The molecule has 1 heterocycles. The molecule has 2 aromatic rings. The van der Waals surface area contributed by atoms with E-state index in [0.717, 1.165) is 24.9 Å². The molecule has 1 amide bonds. The van der Waals surface area contributed by atoms with Crippen molar-refractivity contribution in [1.29, 1.82) is 0 Å². The molecule has 0 bridgehead atoms. The zero-order valence-electron chi connectivity index (χ0n) is 15.4. The molecular formula is C21H26N2O3. The molecule has 1 N–H and O–H groups in total. The van der Waals surface area contributed by atoms with Gasteiger partial charge in [0, 0.05) is 12.6 Å². The fraction of sp³-hybridized carbons (Fsp3) is 0.381. The van der Waals surface area contributed by atoms with Crippen LogP contribution in [0.15, 0.2) is 48.5 Å². The highest BCUT2D eigenvalue weighted by molar-refractivity contribution is 5.78. The summed E-state index contributed by atoms with van der Waals surface area (Å²) in [5.41, 5.74) is 2.27. The summed E-state index contributed by atoms with van der Waals surface area (Å²) in [6, 6.07) is 16.4. The van der Waals surface area contributed by atoms with Gasteiger partial charge in [-0.2, -0.15) is 0 Å². The summed E-state index contributed by atoms with van der Waals surface area (Å²) in [6.45, 7) is 1.86. The smallest absolute Gasteiger partial charge is 0.234 e. The normalized spacial score (nSPS) is 17.1. The van der Waals surface area contributed by atoms with E-state index in [-0.39, 0.29) is 5.91 Å². The molecule has 2 aromatic carbocycles. The zero-order chi connectivity index (χ0) is 18.4. The number of ether oxygens (including phenoxy) is 2. The number of hydrogen-bond acceptors (Lipinski definition) is 4. The van der Waals surface area contributed by atoms with Gasteiger partial charge in [0.15, 0.2) is 11.5 Å². The number of carbonyl (C=O) groups excluding carboxylic acids is 1. The van der Waals surface area contributed by atoms with Gasteiger partial charge in [-0.25, -0.2) is 0 Å². The lowest BCUT2D eigenvalue weighted by Gasteiger charge is -2.24. The van der Waals surface area contributed by atoms with Crippen molar-refractivity contribution < 1.29 is 14.3 Å².